The van der Waals surface area contributed by atoms with Gasteiger partial charge in [0.15, 0.2) is 0 Å². The maximum Gasteiger partial charge on any atom is 0.130 e. The number of aliphatic hydroxyl groups is 1. The zero-order valence-corrected chi connectivity index (χ0v) is 12.9. The first kappa shape index (κ1) is 15.6. The van der Waals surface area contributed by atoms with Gasteiger partial charge in [0, 0.05) is 10.6 Å². The van der Waals surface area contributed by atoms with Crippen LogP contribution >= 0.6 is 11.6 Å². The third-order valence-corrected chi connectivity index (χ3v) is 3.51. The molecular formula is C18H18ClFO. The molecule has 1 nitrogen and oxygen atoms in total. The molecule has 0 saturated carbocycles. The van der Waals surface area contributed by atoms with E-state index in [-0.39, 0.29) is 11.6 Å². The van der Waals surface area contributed by atoms with E-state index in [1.54, 1.807) is 25.1 Å². The van der Waals surface area contributed by atoms with Crippen molar-refractivity contribution in [2.75, 3.05) is 0 Å². The normalized spacial score (nSPS) is 19.6. The zero-order chi connectivity index (χ0) is 15.4. The average Bonchev–Trinajstić information content (AvgIpc) is 2.41. The zero-order valence-electron chi connectivity index (χ0n) is 12.1. The van der Waals surface area contributed by atoms with Crippen molar-refractivity contribution < 1.29 is 9.50 Å². The second-order valence-electron chi connectivity index (χ2n) is 5.28. The van der Waals surface area contributed by atoms with Crippen LogP contribution in [0.25, 0.3) is 6.08 Å². The van der Waals surface area contributed by atoms with Crippen LogP contribution in [0.5, 0.6) is 0 Å². The van der Waals surface area contributed by atoms with Crippen molar-refractivity contribution in [3.8, 4) is 0 Å². The van der Waals surface area contributed by atoms with Crippen LogP contribution in [0, 0.1) is 11.7 Å². The summed E-state index contributed by atoms with van der Waals surface area (Å²) in [5.74, 6) is 0.374. The highest BCUT2D eigenvalue weighted by Crippen LogP contribution is 2.26. The van der Waals surface area contributed by atoms with Gasteiger partial charge in [0.2, 0.25) is 0 Å². The second kappa shape index (κ2) is 6.77. The molecule has 0 bridgehead atoms. The first-order valence-corrected chi connectivity index (χ1v) is 7.26. The van der Waals surface area contributed by atoms with E-state index in [1.807, 2.05) is 6.08 Å². The molecule has 0 radical (unpaired) electrons. The predicted octanol–water partition coefficient (Wildman–Crippen LogP) is 5.85. The van der Waals surface area contributed by atoms with Crippen molar-refractivity contribution in [3.05, 3.63) is 75.8 Å². The predicted molar refractivity (Wildman–Crippen MR) is 86.8 cm³/mol. The van der Waals surface area contributed by atoms with Crippen molar-refractivity contribution in [3.63, 3.8) is 0 Å². The molecule has 0 aliphatic heterocycles. The monoisotopic (exact) mass is 304 g/mol. The summed E-state index contributed by atoms with van der Waals surface area (Å²) in [4.78, 5) is 0. The van der Waals surface area contributed by atoms with Crippen molar-refractivity contribution in [2.45, 2.75) is 20.3 Å². The topological polar surface area (TPSA) is 20.2 Å². The molecule has 1 aliphatic rings. The maximum atomic E-state index is 13.7. The third kappa shape index (κ3) is 4.33. The van der Waals surface area contributed by atoms with Crippen LogP contribution in [-0.4, -0.2) is 5.11 Å². The van der Waals surface area contributed by atoms with Crippen LogP contribution in [0.1, 0.15) is 25.8 Å². The van der Waals surface area contributed by atoms with E-state index >= 15 is 0 Å². The lowest BCUT2D eigenvalue weighted by atomic mass is 9.90. The van der Waals surface area contributed by atoms with Crippen molar-refractivity contribution >= 4 is 17.7 Å². The molecule has 0 fully saturated rings. The minimum atomic E-state index is -0.306. The largest absolute Gasteiger partial charge is 0.513 e. The highest BCUT2D eigenvalue weighted by molar-refractivity contribution is 6.30. The molecule has 1 aromatic rings. The Morgan fingerprint density at radius 1 is 1.33 bits per heavy atom. The van der Waals surface area contributed by atoms with Gasteiger partial charge >= 0.3 is 0 Å². The Kier molecular flexibility index (Phi) is 5.03. The molecule has 1 aliphatic carbocycles. The Bertz CT molecular complexity index is 649. The lowest BCUT2D eigenvalue weighted by Crippen LogP contribution is -1.99. The molecule has 3 heteroatoms. The Labute approximate surface area is 129 Å². The summed E-state index contributed by atoms with van der Waals surface area (Å²) in [7, 11) is 0. The quantitative estimate of drug-likeness (QED) is 0.695. The molecule has 0 saturated heterocycles. The molecular weight excluding hydrogens is 287 g/mol. The van der Waals surface area contributed by atoms with E-state index in [0.717, 1.165) is 17.6 Å². The van der Waals surface area contributed by atoms with Gasteiger partial charge in [0.25, 0.3) is 0 Å². The Morgan fingerprint density at radius 2 is 2.10 bits per heavy atom. The van der Waals surface area contributed by atoms with Crippen LogP contribution in [0.4, 0.5) is 4.39 Å². The number of aliphatic hydroxyl groups excluding tert-OH is 1. The van der Waals surface area contributed by atoms with Gasteiger partial charge in [0.05, 0.1) is 5.76 Å². The summed E-state index contributed by atoms with van der Waals surface area (Å²) in [6.45, 7) is 3.76. The van der Waals surface area contributed by atoms with E-state index in [2.05, 4.69) is 19.1 Å². The van der Waals surface area contributed by atoms with E-state index in [9.17, 15) is 9.50 Å². The second-order valence-corrected chi connectivity index (χ2v) is 5.72. The Morgan fingerprint density at radius 3 is 2.81 bits per heavy atom. The molecule has 110 valence electrons. The highest BCUT2D eigenvalue weighted by Gasteiger charge is 2.10. The van der Waals surface area contributed by atoms with Crippen LogP contribution < -0.4 is 0 Å². The van der Waals surface area contributed by atoms with Gasteiger partial charge in [-0.05, 0) is 54.7 Å². The minimum Gasteiger partial charge on any atom is -0.513 e. The smallest absolute Gasteiger partial charge is 0.130 e. The number of hydrogen-bond acceptors (Lipinski definition) is 1. The fourth-order valence-electron chi connectivity index (χ4n) is 2.24. The summed E-state index contributed by atoms with van der Waals surface area (Å²) in [6, 6.07) is 4.47. The third-order valence-electron chi connectivity index (χ3n) is 3.27. The molecule has 0 amide bonds. The highest BCUT2D eigenvalue weighted by atomic mass is 35.5. The molecule has 0 heterocycles. The van der Waals surface area contributed by atoms with Crippen LogP contribution in [0.15, 0.2) is 59.4 Å². The standard InChI is InChI=1S/C18H18ClFO/c1-12-3-4-14(16(9-12)10-13(2)21)5-6-15-11-17(19)7-8-18(15)20/h4-12,21H,3H2,1-2H3/b6-5+,13-10+. The van der Waals surface area contributed by atoms with Gasteiger partial charge in [-0.2, -0.15) is 0 Å². The molecule has 1 N–H and O–H groups in total. The molecule has 0 aromatic heterocycles. The number of hydrogen-bond donors (Lipinski definition) is 1. The maximum absolute atomic E-state index is 13.7. The van der Waals surface area contributed by atoms with Gasteiger partial charge in [0.1, 0.15) is 5.82 Å². The average molecular weight is 305 g/mol. The Hall–Kier alpha value is -1.80. The number of allylic oxidation sites excluding steroid dienone is 7. The lowest BCUT2D eigenvalue weighted by Gasteiger charge is -2.15. The van der Waals surface area contributed by atoms with Gasteiger partial charge in [-0.15, -0.1) is 0 Å². The molecule has 0 spiro atoms. The van der Waals surface area contributed by atoms with E-state index < -0.39 is 0 Å². The summed E-state index contributed by atoms with van der Waals surface area (Å²) in [5.41, 5.74) is 2.37. The lowest BCUT2D eigenvalue weighted by molar-refractivity contribution is 0.414. The first-order chi connectivity index (χ1) is 9.95. The number of halogens is 2. The fraction of sp³-hybridized carbons (Fsp3) is 0.222. The van der Waals surface area contributed by atoms with Gasteiger partial charge < -0.3 is 5.11 Å². The summed E-state index contributed by atoms with van der Waals surface area (Å²) >= 11 is 5.89. The SMILES string of the molecule is C/C(O)=C\C1=CC(C)CC=C1/C=C/c1cc(Cl)ccc1F. The number of benzene rings is 1. The van der Waals surface area contributed by atoms with Gasteiger partial charge in [-0.3, -0.25) is 0 Å². The van der Waals surface area contributed by atoms with Crippen LogP contribution in [-0.2, 0) is 0 Å². The number of rotatable bonds is 3. The Balaban J connectivity index is 2.29. The van der Waals surface area contributed by atoms with E-state index in [1.165, 1.54) is 12.1 Å². The van der Waals surface area contributed by atoms with Gasteiger partial charge in [-0.25, -0.2) is 4.39 Å². The molecule has 1 unspecified atom stereocenters. The van der Waals surface area contributed by atoms with Crippen LogP contribution in [0.2, 0.25) is 5.02 Å². The van der Waals surface area contributed by atoms with Crippen molar-refractivity contribution in [1.82, 2.24) is 0 Å². The first-order valence-electron chi connectivity index (χ1n) is 6.88. The van der Waals surface area contributed by atoms with E-state index in [0.29, 0.717) is 16.5 Å². The summed E-state index contributed by atoms with van der Waals surface area (Å²) in [6.07, 6.45) is 10.4. The van der Waals surface area contributed by atoms with E-state index in [4.69, 9.17) is 11.6 Å². The van der Waals surface area contributed by atoms with Crippen molar-refractivity contribution in [1.29, 1.82) is 0 Å². The van der Waals surface area contributed by atoms with Crippen LogP contribution in [0.3, 0.4) is 0 Å². The van der Waals surface area contributed by atoms with Crippen molar-refractivity contribution in [2.24, 2.45) is 5.92 Å². The molecule has 2 rings (SSSR count). The summed E-state index contributed by atoms with van der Waals surface area (Å²) in [5, 5.41) is 9.97. The molecule has 1 atom stereocenters. The fourth-order valence-corrected chi connectivity index (χ4v) is 2.42. The minimum absolute atomic E-state index is 0.253. The molecule has 21 heavy (non-hydrogen) atoms. The summed E-state index contributed by atoms with van der Waals surface area (Å²) < 4.78 is 13.7. The molecule has 1 aromatic carbocycles. The van der Waals surface area contributed by atoms with Gasteiger partial charge in [-0.1, -0.05) is 42.8 Å².